The molecular weight excluding hydrogens is 318 g/mol. The third kappa shape index (κ3) is 4.33. The molecule has 6 nitrogen and oxygen atoms in total. The highest BCUT2D eigenvalue weighted by atomic mass is 16.5. The SMILES string of the molecule is Cn1nc(C(=O)NCCCO[C@H]2CCCc3ccccc32)ccc1=O. The van der Waals surface area contributed by atoms with Gasteiger partial charge in [-0.1, -0.05) is 24.3 Å². The molecule has 1 atom stereocenters. The van der Waals surface area contributed by atoms with Crippen LogP contribution >= 0.6 is 0 Å². The van der Waals surface area contributed by atoms with E-state index in [1.54, 1.807) is 0 Å². The number of ether oxygens (including phenoxy) is 1. The molecule has 0 saturated heterocycles. The molecule has 0 fully saturated rings. The molecule has 1 N–H and O–H groups in total. The first-order valence-electron chi connectivity index (χ1n) is 8.67. The Bertz CT molecular complexity index is 800. The van der Waals surface area contributed by atoms with Crippen LogP contribution in [0.5, 0.6) is 0 Å². The second-order valence-corrected chi connectivity index (χ2v) is 6.24. The summed E-state index contributed by atoms with van der Waals surface area (Å²) in [6.07, 6.45) is 4.21. The lowest BCUT2D eigenvalue weighted by Gasteiger charge is -2.25. The summed E-state index contributed by atoms with van der Waals surface area (Å²) in [5, 5.41) is 6.74. The molecule has 1 aromatic carbocycles. The van der Waals surface area contributed by atoms with Crippen molar-refractivity contribution in [1.82, 2.24) is 15.1 Å². The molecule has 1 amide bonds. The predicted molar refractivity (Wildman–Crippen MR) is 94.5 cm³/mol. The predicted octanol–water partition coefficient (Wildman–Crippen LogP) is 1.99. The van der Waals surface area contributed by atoms with E-state index in [0.717, 1.165) is 30.4 Å². The average molecular weight is 341 g/mol. The summed E-state index contributed by atoms with van der Waals surface area (Å²) < 4.78 is 7.17. The Balaban J connectivity index is 1.43. The van der Waals surface area contributed by atoms with Gasteiger partial charge in [-0.2, -0.15) is 5.10 Å². The maximum atomic E-state index is 12.0. The zero-order chi connectivity index (χ0) is 17.6. The number of rotatable bonds is 6. The van der Waals surface area contributed by atoms with Crippen LogP contribution < -0.4 is 10.9 Å². The molecule has 132 valence electrons. The van der Waals surface area contributed by atoms with Gasteiger partial charge in [-0.15, -0.1) is 0 Å². The van der Waals surface area contributed by atoms with Crippen molar-refractivity contribution < 1.29 is 9.53 Å². The summed E-state index contributed by atoms with van der Waals surface area (Å²) in [6.45, 7) is 1.11. The number of hydrogen-bond acceptors (Lipinski definition) is 4. The van der Waals surface area contributed by atoms with Gasteiger partial charge in [0.1, 0.15) is 5.69 Å². The van der Waals surface area contributed by atoms with Crippen LogP contribution in [0.4, 0.5) is 0 Å². The quantitative estimate of drug-likeness (QED) is 0.816. The third-order valence-electron chi connectivity index (χ3n) is 4.43. The summed E-state index contributed by atoms with van der Waals surface area (Å²) in [4.78, 5) is 23.3. The lowest BCUT2D eigenvalue weighted by atomic mass is 9.89. The number of carbonyl (C=O) groups excluding carboxylic acids is 1. The summed E-state index contributed by atoms with van der Waals surface area (Å²) in [5.41, 5.74) is 2.68. The minimum atomic E-state index is -0.279. The van der Waals surface area contributed by atoms with Crippen LogP contribution in [0.3, 0.4) is 0 Å². The van der Waals surface area contributed by atoms with Crippen LogP contribution in [0.15, 0.2) is 41.2 Å². The van der Waals surface area contributed by atoms with Gasteiger partial charge in [-0.25, -0.2) is 4.68 Å². The van der Waals surface area contributed by atoms with Gasteiger partial charge >= 0.3 is 0 Å². The zero-order valence-electron chi connectivity index (χ0n) is 14.4. The number of nitrogens with one attached hydrogen (secondary N) is 1. The number of amides is 1. The van der Waals surface area contributed by atoms with Crippen LogP contribution in [-0.2, 0) is 18.2 Å². The fourth-order valence-electron chi connectivity index (χ4n) is 3.10. The molecular formula is C19H23N3O3. The summed E-state index contributed by atoms with van der Waals surface area (Å²) in [7, 11) is 1.52. The van der Waals surface area contributed by atoms with E-state index in [0.29, 0.717) is 13.2 Å². The Morgan fingerprint density at radius 3 is 3.00 bits per heavy atom. The second-order valence-electron chi connectivity index (χ2n) is 6.24. The zero-order valence-corrected chi connectivity index (χ0v) is 14.4. The molecule has 6 heteroatoms. The van der Waals surface area contributed by atoms with Gasteiger partial charge in [-0.05, 0) is 42.9 Å². The first-order chi connectivity index (χ1) is 12.1. The van der Waals surface area contributed by atoms with E-state index in [2.05, 4.69) is 34.7 Å². The molecule has 0 bridgehead atoms. The molecule has 1 heterocycles. The lowest BCUT2D eigenvalue weighted by molar-refractivity contribution is 0.0392. The van der Waals surface area contributed by atoms with Gasteiger partial charge in [0.2, 0.25) is 0 Å². The van der Waals surface area contributed by atoms with Crippen molar-refractivity contribution in [3.8, 4) is 0 Å². The molecule has 0 radical (unpaired) electrons. The minimum absolute atomic E-state index is 0.158. The normalized spacial score (nSPS) is 16.3. The number of benzene rings is 1. The largest absolute Gasteiger partial charge is 0.373 e. The van der Waals surface area contributed by atoms with Crippen molar-refractivity contribution in [2.24, 2.45) is 7.05 Å². The first-order valence-corrected chi connectivity index (χ1v) is 8.67. The Labute approximate surface area is 146 Å². The molecule has 2 aromatic rings. The first kappa shape index (κ1) is 17.4. The highest BCUT2D eigenvalue weighted by Crippen LogP contribution is 2.32. The maximum Gasteiger partial charge on any atom is 0.271 e. The van der Waals surface area contributed by atoms with Crippen molar-refractivity contribution in [3.63, 3.8) is 0 Å². The summed E-state index contributed by atoms with van der Waals surface area (Å²) >= 11 is 0. The number of carbonyl (C=O) groups is 1. The molecule has 25 heavy (non-hydrogen) atoms. The smallest absolute Gasteiger partial charge is 0.271 e. The molecule has 1 aliphatic rings. The minimum Gasteiger partial charge on any atom is -0.373 e. The van der Waals surface area contributed by atoms with Crippen molar-refractivity contribution in [3.05, 3.63) is 63.6 Å². The van der Waals surface area contributed by atoms with E-state index in [4.69, 9.17) is 4.74 Å². The van der Waals surface area contributed by atoms with E-state index in [1.165, 1.54) is 30.3 Å². The monoisotopic (exact) mass is 341 g/mol. The van der Waals surface area contributed by atoms with Gasteiger partial charge in [-0.3, -0.25) is 9.59 Å². The Hall–Kier alpha value is -2.47. The fraction of sp³-hybridized carbons (Fsp3) is 0.421. The Kier molecular flexibility index (Phi) is 5.60. The highest BCUT2D eigenvalue weighted by Gasteiger charge is 2.19. The topological polar surface area (TPSA) is 73.2 Å². The number of aryl methyl sites for hydroxylation is 2. The van der Waals surface area contributed by atoms with Crippen molar-refractivity contribution in [1.29, 1.82) is 0 Å². The molecule has 3 rings (SSSR count). The van der Waals surface area contributed by atoms with E-state index >= 15 is 0 Å². The lowest BCUT2D eigenvalue weighted by Crippen LogP contribution is -2.29. The molecule has 1 aliphatic carbocycles. The molecule has 0 unspecified atom stereocenters. The second kappa shape index (κ2) is 8.07. The van der Waals surface area contributed by atoms with Crippen LogP contribution in [0.2, 0.25) is 0 Å². The van der Waals surface area contributed by atoms with Crippen LogP contribution in [0.25, 0.3) is 0 Å². The Morgan fingerprint density at radius 1 is 1.32 bits per heavy atom. The van der Waals surface area contributed by atoms with Gasteiger partial charge in [0.05, 0.1) is 6.10 Å². The number of fused-ring (bicyclic) bond motifs is 1. The van der Waals surface area contributed by atoms with Crippen molar-refractivity contribution >= 4 is 5.91 Å². The average Bonchev–Trinajstić information content (AvgIpc) is 2.63. The van der Waals surface area contributed by atoms with Crippen LogP contribution in [0, 0.1) is 0 Å². The standard InChI is InChI=1S/C19H23N3O3/c1-22-18(23)11-10-16(21-22)19(24)20-12-5-13-25-17-9-4-7-14-6-2-3-8-15(14)17/h2-3,6,8,10-11,17H,4-5,7,9,12-13H2,1H3,(H,20,24)/t17-/m0/s1. The number of hydrogen-bond donors (Lipinski definition) is 1. The van der Waals surface area contributed by atoms with Crippen LogP contribution in [0.1, 0.15) is 47.0 Å². The summed E-state index contributed by atoms with van der Waals surface area (Å²) in [6, 6.07) is 11.2. The van der Waals surface area contributed by atoms with Gasteiger partial charge in [0.15, 0.2) is 0 Å². The van der Waals surface area contributed by atoms with E-state index < -0.39 is 0 Å². The van der Waals surface area contributed by atoms with E-state index in [1.807, 2.05) is 0 Å². The van der Waals surface area contributed by atoms with Crippen molar-refractivity contribution in [2.45, 2.75) is 31.8 Å². The molecule has 0 spiro atoms. The van der Waals surface area contributed by atoms with Gasteiger partial charge in [0.25, 0.3) is 11.5 Å². The Morgan fingerprint density at radius 2 is 2.16 bits per heavy atom. The van der Waals surface area contributed by atoms with E-state index in [-0.39, 0.29) is 23.3 Å². The third-order valence-corrected chi connectivity index (χ3v) is 4.43. The van der Waals surface area contributed by atoms with Crippen LogP contribution in [-0.4, -0.2) is 28.8 Å². The van der Waals surface area contributed by atoms with Gasteiger partial charge in [0, 0.05) is 26.3 Å². The molecule has 0 saturated carbocycles. The van der Waals surface area contributed by atoms with E-state index in [9.17, 15) is 9.59 Å². The summed E-state index contributed by atoms with van der Waals surface area (Å²) in [5.74, 6) is -0.279. The highest BCUT2D eigenvalue weighted by molar-refractivity contribution is 5.91. The van der Waals surface area contributed by atoms with Gasteiger partial charge < -0.3 is 10.1 Å². The number of aromatic nitrogens is 2. The molecule has 1 aromatic heterocycles. The van der Waals surface area contributed by atoms with Crippen molar-refractivity contribution in [2.75, 3.05) is 13.2 Å². The molecule has 0 aliphatic heterocycles. The fourth-order valence-corrected chi connectivity index (χ4v) is 3.10. The number of nitrogens with zero attached hydrogens (tertiary/aromatic N) is 2. The maximum absolute atomic E-state index is 12.0.